The zero-order valence-electron chi connectivity index (χ0n) is 8.59. The van der Waals surface area contributed by atoms with Gasteiger partial charge in [-0.1, -0.05) is 12.1 Å². The highest BCUT2D eigenvalue weighted by atomic mass is 15.1. The van der Waals surface area contributed by atoms with Crippen LogP contribution in [0.15, 0.2) is 12.1 Å². The van der Waals surface area contributed by atoms with Gasteiger partial charge in [0, 0.05) is 25.3 Å². The van der Waals surface area contributed by atoms with Gasteiger partial charge in [-0.2, -0.15) is 0 Å². The molecule has 0 fully saturated rings. The number of likely N-dealkylation sites (N-methyl/N-ethyl adjacent to an activating group) is 1. The Morgan fingerprint density at radius 3 is 2.93 bits per heavy atom. The van der Waals surface area contributed by atoms with Crippen LogP contribution in [0.4, 0.5) is 5.69 Å². The number of benzene rings is 1. The zero-order chi connectivity index (χ0) is 10.1. The van der Waals surface area contributed by atoms with Crippen molar-refractivity contribution in [3.05, 3.63) is 28.8 Å². The fourth-order valence-electron chi connectivity index (χ4n) is 2.05. The summed E-state index contributed by atoms with van der Waals surface area (Å²) in [5, 5.41) is 0. The molecule has 1 aromatic rings. The fraction of sp³-hybridized carbons (Fsp3) is 0.455. The van der Waals surface area contributed by atoms with Gasteiger partial charge in [0.1, 0.15) is 0 Å². The molecule has 1 aromatic carbocycles. The minimum absolute atomic E-state index is 0.537. The van der Waals surface area contributed by atoms with Crippen molar-refractivity contribution in [2.75, 3.05) is 19.3 Å². The smallest absolute Gasteiger partial charge is 0.0395 e. The zero-order valence-corrected chi connectivity index (χ0v) is 8.59. The average molecular weight is 191 g/mol. The monoisotopic (exact) mass is 191 g/mol. The molecule has 2 rings (SSSR count). The number of nitrogens with two attached hydrogens (primary N) is 2. The first kappa shape index (κ1) is 9.49. The van der Waals surface area contributed by atoms with Gasteiger partial charge in [-0.3, -0.25) is 0 Å². The van der Waals surface area contributed by atoms with E-state index in [1.165, 1.54) is 11.1 Å². The van der Waals surface area contributed by atoms with Gasteiger partial charge in [-0.15, -0.1) is 0 Å². The van der Waals surface area contributed by atoms with Crippen LogP contribution in [0.5, 0.6) is 0 Å². The third kappa shape index (κ3) is 1.49. The largest absolute Gasteiger partial charge is 0.398 e. The Labute approximate surface area is 84.7 Å². The lowest BCUT2D eigenvalue weighted by Gasteiger charge is -2.26. The molecule has 4 N–H and O–H groups in total. The number of rotatable bonds is 1. The van der Waals surface area contributed by atoms with E-state index in [9.17, 15) is 0 Å². The lowest BCUT2D eigenvalue weighted by atomic mass is 9.95. The predicted octanol–water partition coefficient (Wildman–Crippen LogP) is 0.715. The van der Waals surface area contributed by atoms with E-state index in [4.69, 9.17) is 11.5 Å². The molecule has 1 aliphatic rings. The molecule has 0 aliphatic carbocycles. The molecule has 3 heteroatoms. The van der Waals surface area contributed by atoms with Crippen LogP contribution >= 0.6 is 0 Å². The second-order valence-corrected chi connectivity index (χ2v) is 3.97. The molecule has 3 nitrogen and oxygen atoms in total. The van der Waals surface area contributed by atoms with Crippen molar-refractivity contribution in [3.63, 3.8) is 0 Å². The van der Waals surface area contributed by atoms with Crippen molar-refractivity contribution in [2.24, 2.45) is 5.73 Å². The summed E-state index contributed by atoms with van der Waals surface area (Å²) < 4.78 is 0. The Hall–Kier alpha value is -1.06. The Morgan fingerprint density at radius 2 is 2.21 bits per heavy atom. The summed E-state index contributed by atoms with van der Waals surface area (Å²) in [4.78, 5) is 2.31. The van der Waals surface area contributed by atoms with Crippen LogP contribution in [-0.4, -0.2) is 18.5 Å². The first-order valence-electron chi connectivity index (χ1n) is 5.00. The summed E-state index contributed by atoms with van der Waals surface area (Å²) >= 11 is 0. The van der Waals surface area contributed by atoms with E-state index in [0.29, 0.717) is 6.54 Å². The minimum Gasteiger partial charge on any atom is -0.398 e. The van der Waals surface area contributed by atoms with Gasteiger partial charge in [0.05, 0.1) is 0 Å². The molecular formula is C11H17N3. The summed E-state index contributed by atoms with van der Waals surface area (Å²) in [5.74, 6) is 0. The first-order chi connectivity index (χ1) is 6.72. The second kappa shape index (κ2) is 3.59. The van der Waals surface area contributed by atoms with Crippen molar-refractivity contribution < 1.29 is 0 Å². The molecule has 0 saturated carbocycles. The Balaban J connectivity index is 2.43. The van der Waals surface area contributed by atoms with Gasteiger partial charge in [-0.05, 0) is 30.2 Å². The molecule has 76 valence electrons. The number of anilines is 1. The van der Waals surface area contributed by atoms with Crippen LogP contribution in [0, 0.1) is 0 Å². The molecule has 1 aliphatic heterocycles. The van der Waals surface area contributed by atoms with E-state index in [1.54, 1.807) is 0 Å². The predicted molar refractivity (Wildman–Crippen MR) is 58.8 cm³/mol. The molecular weight excluding hydrogens is 174 g/mol. The highest BCUT2D eigenvalue weighted by Gasteiger charge is 2.16. The van der Waals surface area contributed by atoms with Gasteiger partial charge < -0.3 is 16.4 Å². The van der Waals surface area contributed by atoms with Crippen LogP contribution in [-0.2, 0) is 19.5 Å². The van der Waals surface area contributed by atoms with Crippen LogP contribution in [0.25, 0.3) is 0 Å². The Bertz CT molecular complexity index is 347. The SMILES string of the molecule is CN1CCc2c(ccc(CN)c2N)C1. The van der Waals surface area contributed by atoms with E-state index in [1.807, 2.05) is 6.07 Å². The summed E-state index contributed by atoms with van der Waals surface area (Å²) in [6, 6.07) is 4.21. The maximum atomic E-state index is 6.06. The second-order valence-electron chi connectivity index (χ2n) is 3.97. The lowest BCUT2D eigenvalue weighted by Crippen LogP contribution is -2.27. The van der Waals surface area contributed by atoms with Crippen LogP contribution in [0.1, 0.15) is 16.7 Å². The van der Waals surface area contributed by atoms with E-state index in [-0.39, 0.29) is 0 Å². The topological polar surface area (TPSA) is 55.3 Å². The van der Waals surface area contributed by atoms with Gasteiger partial charge >= 0.3 is 0 Å². The van der Waals surface area contributed by atoms with E-state index >= 15 is 0 Å². The van der Waals surface area contributed by atoms with Gasteiger partial charge in [0.25, 0.3) is 0 Å². The van der Waals surface area contributed by atoms with Crippen molar-refractivity contribution in [2.45, 2.75) is 19.5 Å². The number of nitrogen functional groups attached to an aromatic ring is 1. The molecule has 0 unspecified atom stereocenters. The molecule has 14 heavy (non-hydrogen) atoms. The molecule has 0 saturated heterocycles. The highest BCUT2D eigenvalue weighted by Crippen LogP contribution is 2.26. The maximum absolute atomic E-state index is 6.06. The third-order valence-electron chi connectivity index (χ3n) is 2.95. The molecule has 0 radical (unpaired) electrons. The first-order valence-corrected chi connectivity index (χ1v) is 5.00. The molecule has 0 amide bonds. The van der Waals surface area contributed by atoms with Crippen LogP contribution in [0.3, 0.4) is 0 Å². The van der Waals surface area contributed by atoms with Crippen LogP contribution in [0.2, 0.25) is 0 Å². The van der Waals surface area contributed by atoms with Crippen molar-refractivity contribution in [3.8, 4) is 0 Å². The van der Waals surface area contributed by atoms with E-state index in [2.05, 4.69) is 18.0 Å². The van der Waals surface area contributed by atoms with E-state index < -0.39 is 0 Å². The third-order valence-corrected chi connectivity index (χ3v) is 2.95. The number of hydrogen-bond donors (Lipinski definition) is 2. The molecule has 0 spiro atoms. The number of fused-ring (bicyclic) bond motifs is 1. The number of hydrogen-bond acceptors (Lipinski definition) is 3. The summed E-state index contributed by atoms with van der Waals surface area (Å²) in [5.41, 5.74) is 16.3. The van der Waals surface area contributed by atoms with Crippen LogP contribution < -0.4 is 11.5 Å². The average Bonchev–Trinajstić information content (AvgIpc) is 2.18. The summed E-state index contributed by atoms with van der Waals surface area (Å²) in [6.45, 7) is 2.63. The van der Waals surface area contributed by atoms with E-state index in [0.717, 1.165) is 30.8 Å². The summed E-state index contributed by atoms with van der Waals surface area (Å²) in [7, 11) is 2.13. The Kier molecular flexibility index (Phi) is 2.44. The quantitative estimate of drug-likeness (QED) is 0.643. The Morgan fingerprint density at radius 1 is 1.43 bits per heavy atom. The molecule has 0 atom stereocenters. The molecule has 0 bridgehead atoms. The fourth-order valence-corrected chi connectivity index (χ4v) is 2.05. The normalized spacial score (nSPS) is 16.7. The summed E-state index contributed by atoms with van der Waals surface area (Å²) in [6.07, 6.45) is 1.05. The minimum atomic E-state index is 0.537. The standard InChI is InChI=1S/C11H17N3/c1-14-5-4-10-9(7-14)3-2-8(6-12)11(10)13/h2-3H,4-7,12-13H2,1H3. The van der Waals surface area contributed by atoms with Gasteiger partial charge in [-0.25, -0.2) is 0 Å². The molecule has 1 heterocycles. The maximum Gasteiger partial charge on any atom is 0.0395 e. The lowest BCUT2D eigenvalue weighted by molar-refractivity contribution is 0.313. The van der Waals surface area contributed by atoms with Crippen molar-refractivity contribution >= 4 is 5.69 Å². The van der Waals surface area contributed by atoms with Gasteiger partial charge in [0.2, 0.25) is 0 Å². The molecule has 0 aromatic heterocycles. The number of nitrogens with zero attached hydrogens (tertiary/aromatic N) is 1. The van der Waals surface area contributed by atoms with Crippen molar-refractivity contribution in [1.29, 1.82) is 0 Å². The van der Waals surface area contributed by atoms with Gasteiger partial charge in [0.15, 0.2) is 0 Å². The highest BCUT2D eigenvalue weighted by molar-refractivity contribution is 5.57. The van der Waals surface area contributed by atoms with Crippen molar-refractivity contribution in [1.82, 2.24) is 4.90 Å².